The number of anilines is 1. The third kappa shape index (κ3) is 2.87. The Bertz CT molecular complexity index is 494. The van der Waals surface area contributed by atoms with Crippen molar-refractivity contribution in [3.63, 3.8) is 0 Å². The molecule has 0 aliphatic heterocycles. The first kappa shape index (κ1) is 12.1. The van der Waals surface area contributed by atoms with Gasteiger partial charge in [0.2, 0.25) is 0 Å². The number of thiophene rings is 1. The van der Waals surface area contributed by atoms with Gasteiger partial charge in [-0.3, -0.25) is 0 Å². The van der Waals surface area contributed by atoms with Crippen molar-refractivity contribution in [2.45, 2.75) is 13.5 Å². The van der Waals surface area contributed by atoms with E-state index < -0.39 is 0 Å². The SMILES string of the molecule is Cc1c(Br)cccc1NCc1cc(Br)cs1. The van der Waals surface area contributed by atoms with Crippen molar-refractivity contribution in [1.82, 2.24) is 0 Å². The molecule has 1 N–H and O–H groups in total. The number of halogens is 2. The summed E-state index contributed by atoms with van der Waals surface area (Å²) < 4.78 is 2.30. The molecule has 0 atom stereocenters. The molecule has 0 unspecified atom stereocenters. The fourth-order valence-corrected chi connectivity index (χ4v) is 3.18. The number of hydrogen-bond acceptors (Lipinski definition) is 2. The highest BCUT2D eigenvalue weighted by Gasteiger charge is 2.02. The number of benzene rings is 1. The van der Waals surface area contributed by atoms with E-state index in [0.29, 0.717) is 0 Å². The van der Waals surface area contributed by atoms with Crippen molar-refractivity contribution < 1.29 is 0 Å². The molecular formula is C12H11Br2NS. The predicted octanol–water partition coefficient (Wildman–Crippen LogP) is 5.19. The van der Waals surface area contributed by atoms with E-state index in [0.717, 1.165) is 15.5 Å². The van der Waals surface area contributed by atoms with Gasteiger partial charge in [-0.1, -0.05) is 22.0 Å². The fraction of sp³-hybridized carbons (Fsp3) is 0.167. The molecule has 1 aromatic heterocycles. The average Bonchev–Trinajstić information content (AvgIpc) is 2.67. The Morgan fingerprint density at radius 3 is 2.81 bits per heavy atom. The number of nitrogens with one attached hydrogen (secondary N) is 1. The van der Waals surface area contributed by atoms with Gasteiger partial charge in [-0.15, -0.1) is 11.3 Å². The van der Waals surface area contributed by atoms with E-state index >= 15 is 0 Å². The third-order valence-electron chi connectivity index (χ3n) is 2.34. The molecule has 0 bridgehead atoms. The highest BCUT2D eigenvalue weighted by atomic mass is 79.9. The molecule has 0 amide bonds. The number of hydrogen-bond donors (Lipinski definition) is 1. The Morgan fingerprint density at radius 1 is 1.31 bits per heavy atom. The molecule has 16 heavy (non-hydrogen) atoms. The van der Waals surface area contributed by atoms with Crippen LogP contribution >= 0.6 is 43.2 Å². The minimum absolute atomic E-state index is 0.869. The Balaban J connectivity index is 2.07. The molecule has 1 heterocycles. The largest absolute Gasteiger partial charge is 0.380 e. The smallest absolute Gasteiger partial charge is 0.0494 e. The molecule has 0 aliphatic carbocycles. The van der Waals surface area contributed by atoms with Gasteiger partial charge in [0.15, 0.2) is 0 Å². The summed E-state index contributed by atoms with van der Waals surface area (Å²) in [4.78, 5) is 1.33. The van der Waals surface area contributed by atoms with Crippen LogP contribution in [0.3, 0.4) is 0 Å². The first-order valence-corrected chi connectivity index (χ1v) is 7.35. The van der Waals surface area contributed by atoms with E-state index in [1.54, 1.807) is 11.3 Å². The van der Waals surface area contributed by atoms with Crippen LogP contribution < -0.4 is 5.32 Å². The maximum atomic E-state index is 3.53. The van der Waals surface area contributed by atoms with Gasteiger partial charge in [0.1, 0.15) is 0 Å². The van der Waals surface area contributed by atoms with Crippen LogP contribution in [-0.2, 0) is 6.54 Å². The van der Waals surface area contributed by atoms with Crippen LogP contribution in [0.5, 0.6) is 0 Å². The van der Waals surface area contributed by atoms with E-state index in [2.05, 4.69) is 67.7 Å². The minimum atomic E-state index is 0.869. The maximum absolute atomic E-state index is 3.53. The molecule has 0 spiro atoms. The van der Waals surface area contributed by atoms with Gasteiger partial charge in [-0.05, 0) is 46.6 Å². The van der Waals surface area contributed by atoms with Crippen molar-refractivity contribution in [3.8, 4) is 0 Å². The van der Waals surface area contributed by atoms with Crippen LogP contribution in [0.25, 0.3) is 0 Å². The quantitative estimate of drug-likeness (QED) is 0.793. The normalized spacial score (nSPS) is 10.4. The topological polar surface area (TPSA) is 12.0 Å². The molecule has 2 rings (SSSR count). The van der Waals surface area contributed by atoms with Gasteiger partial charge in [0.25, 0.3) is 0 Å². The Labute approximate surface area is 116 Å². The van der Waals surface area contributed by atoms with Crippen LogP contribution in [0.2, 0.25) is 0 Å². The second-order valence-corrected chi connectivity index (χ2v) is 6.26. The first-order valence-electron chi connectivity index (χ1n) is 4.88. The maximum Gasteiger partial charge on any atom is 0.0494 e. The summed E-state index contributed by atoms with van der Waals surface area (Å²) in [5.41, 5.74) is 2.43. The van der Waals surface area contributed by atoms with Gasteiger partial charge in [-0.2, -0.15) is 0 Å². The monoisotopic (exact) mass is 359 g/mol. The van der Waals surface area contributed by atoms with Gasteiger partial charge in [0.05, 0.1) is 0 Å². The summed E-state index contributed by atoms with van der Waals surface area (Å²) in [6, 6.07) is 8.35. The van der Waals surface area contributed by atoms with Crippen molar-refractivity contribution in [2.75, 3.05) is 5.32 Å². The molecule has 1 nitrogen and oxygen atoms in total. The lowest BCUT2D eigenvalue weighted by atomic mass is 10.2. The van der Waals surface area contributed by atoms with Gasteiger partial charge >= 0.3 is 0 Å². The van der Waals surface area contributed by atoms with E-state index in [9.17, 15) is 0 Å². The summed E-state index contributed by atoms with van der Waals surface area (Å²) in [5.74, 6) is 0. The molecule has 0 fully saturated rings. The standard InChI is InChI=1S/C12H11Br2NS/c1-8-11(14)3-2-4-12(8)15-6-10-5-9(13)7-16-10/h2-5,7,15H,6H2,1H3. The third-order valence-corrected chi connectivity index (χ3v) is 4.90. The molecule has 0 radical (unpaired) electrons. The second-order valence-electron chi connectivity index (χ2n) is 3.50. The Hall–Kier alpha value is -0.320. The molecule has 0 aliphatic rings. The lowest BCUT2D eigenvalue weighted by Crippen LogP contribution is -1.99. The van der Waals surface area contributed by atoms with Gasteiger partial charge in [-0.25, -0.2) is 0 Å². The molecule has 4 heteroatoms. The van der Waals surface area contributed by atoms with Crippen molar-refractivity contribution >= 4 is 48.9 Å². The molecule has 0 saturated heterocycles. The van der Waals surface area contributed by atoms with E-state index in [1.807, 2.05) is 6.07 Å². The van der Waals surface area contributed by atoms with Crippen LogP contribution in [-0.4, -0.2) is 0 Å². The Morgan fingerprint density at radius 2 is 2.12 bits per heavy atom. The average molecular weight is 361 g/mol. The molecule has 1 aromatic carbocycles. The highest BCUT2D eigenvalue weighted by Crippen LogP contribution is 2.25. The van der Waals surface area contributed by atoms with Crippen LogP contribution in [0.1, 0.15) is 10.4 Å². The molecule has 0 saturated carbocycles. The lowest BCUT2D eigenvalue weighted by Gasteiger charge is -2.09. The summed E-state index contributed by atoms with van der Waals surface area (Å²) in [5, 5.41) is 5.54. The molecular weight excluding hydrogens is 350 g/mol. The zero-order valence-corrected chi connectivity index (χ0v) is 12.7. The first-order chi connectivity index (χ1) is 7.66. The molecule has 84 valence electrons. The van der Waals surface area contributed by atoms with Gasteiger partial charge in [0, 0.05) is 31.4 Å². The second kappa shape index (κ2) is 5.34. The summed E-state index contributed by atoms with van der Waals surface area (Å²) in [6.07, 6.45) is 0. The van der Waals surface area contributed by atoms with E-state index in [1.165, 1.54) is 16.1 Å². The zero-order chi connectivity index (χ0) is 11.5. The van der Waals surface area contributed by atoms with E-state index in [-0.39, 0.29) is 0 Å². The zero-order valence-electron chi connectivity index (χ0n) is 8.76. The van der Waals surface area contributed by atoms with Crippen molar-refractivity contribution in [2.24, 2.45) is 0 Å². The Kier molecular flexibility index (Phi) is 4.05. The number of rotatable bonds is 3. The van der Waals surface area contributed by atoms with Crippen molar-refractivity contribution in [1.29, 1.82) is 0 Å². The summed E-state index contributed by atoms with van der Waals surface area (Å²) in [7, 11) is 0. The predicted molar refractivity (Wildman–Crippen MR) is 78.2 cm³/mol. The van der Waals surface area contributed by atoms with Crippen LogP contribution in [0.4, 0.5) is 5.69 Å². The fourth-order valence-electron chi connectivity index (χ4n) is 1.43. The molecule has 2 aromatic rings. The van der Waals surface area contributed by atoms with E-state index in [4.69, 9.17) is 0 Å². The van der Waals surface area contributed by atoms with Crippen LogP contribution in [0, 0.1) is 6.92 Å². The van der Waals surface area contributed by atoms with Crippen LogP contribution in [0.15, 0.2) is 38.6 Å². The minimum Gasteiger partial charge on any atom is -0.380 e. The summed E-state index contributed by atoms with van der Waals surface area (Å²) >= 11 is 8.75. The van der Waals surface area contributed by atoms with Gasteiger partial charge < -0.3 is 5.32 Å². The van der Waals surface area contributed by atoms with Crippen molar-refractivity contribution in [3.05, 3.63) is 49.0 Å². The highest BCUT2D eigenvalue weighted by molar-refractivity contribution is 9.10. The lowest BCUT2D eigenvalue weighted by molar-refractivity contribution is 1.17. The summed E-state index contributed by atoms with van der Waals surface area (Å²) in [6.45, 7) is 2.98.